The summed E-state index contributed by atoms with van der Waals surface area (Å²) in [5, 5.41) is 0. The molecule has 0 bridgehead atoms. The third-order valence-electron chi connectivity index (χ3n) is 3.63. The Hall–Kier alpha value is -1.11. The molecule has 2 rings (SSSR count). The fraction of sp³-hybridized carbons (Fsp3) is 0.500. The van der Waals surface area contributed by atoms with E-state index in [0.29, 0.717) is 5.78 Å². The molecule has 80 valence electrons. The van der Waals surface area contributed by atoms with Gasteiger partial charge in [-0.25, -0.2) is 0 Å². The maximum atomic E-state index is 12.2. The molecule has 0 saturated heterocycles. The van der Waals surface area contributed by atoms with Crippen LogP contribution in [0.2, 0.25) is 0 Å². The minimum absolute atomic E-state index is 0.0491. The van der Waals surface area contributed by atoms with E-state index in [2.05, 4.69) is 32.9 Å². The summed E-state index contributed by atoms with van der Waals surface area (Å²) in [5.74, 6) is 0.336. The molecule has 0 aliphatic heterocycles. The summed E-state index contributed by atoms with van der Waals surface area (Å²) in [7, 11) is 0. The topological polar surface area (TPSA) is 17.1 Å². The van der Waals surface area contributed by atoms with Crippen molar-refractivity contribution >= 4 is 5.78 Å². The Morgan fingerprint density at radius 3 is 2.13 bits per heavy atom. The van der Waals surface area contributed by atoms with Gasteiger partial charge in [-0.1, -0.05) is 13.0 Å². The minimum Gasteiger partial charge on any atom is -0.294 e. The lowest BCUT2D eigenvalue weighted by Crippen LogP contribution is -2.13. The summed E-state index contributed by atoms with van der Waals surface area (Å²) in [5.41, 5.74) is 4.49. The number of Topliss-reactive ketones (excluding diaryl/α,β-unsaturated/α-hetero) is 1. The minimum atomic E-state index is -0.0491. The fourth-order valence-electron chi connectivity index (χ4n) is 1.94. The molecule has 1 heteroatoms. The summed E-state index contributed by atoms with van der Waals surface area (Å²) in [4.78, 5) is 12.2. The van der Waals surface area contributed by atoms with Crippen molar-refractivity contribution in [1.29, 1.82) is 0 Å². The largest absolute Gasteiger partial charge is 0.294 e. The molecule has 1 aliphatic carbocycles. The maximum Gasteiger partial charge on any atom is 0.168 e. The van der Waals surface area contributed by atoms with E-state index in [9.17, 15) is 4.79 Å². The summed E-state index contributed by atoms with van der Waals surface area (Å²) in [6.07, 6.45) is 2.11. The molecule has 0 amide bonds. The molecule has 0 N–H and O–H groups in total. The molecule has 1 aromatic rings. The molecule has 0 radical (unpaired) electrons. The number of ketones is 1. The zero-order valence-corrected chi connectivity index (χ0v) is 9.98. The SMILES string of the molecule is Cc1cc(C)c(C(=O)C2(C)CC2)cc1C. The molecule has 1 aromatic carbocycles. The van der Waals surface area contributed by atoms with Crippen molar-refractivity contribution in [2.24, 2.45) is 5.41 Å². The van der Waals surface area contributed by atoms with E-state index < -0.39 is 0 Å². The van der Waals surface area contributed by atoms with Gasteiger partial charge in [0.15, 0.2) is 5.78 Å². The first-order valence-electron chi connectivity index (χ1n) is 5.57. The van der Waals surface area contributed by atoms with Crippen molar-refractivity contribution in [2.75, 3.05) is 0 Å². The lowest BCUT2D eigenvalue weighted by atomic mass is 9.91. The van der Waals surface area contributed by atoms with Gasteiger partial charge in [0.05, 0.1) is 0 Å². The Morgan fingerprint density at radius 2 is 1.60 bits per heavy atom. The van der Waals surface area contributed by atoms with Gasteiger partial charge in [-0.15, -0.1) is 0 Å². The number of rotatable bonds is 2. The standard InChI is InChI=1S/C14H18O/c1-9-7-11(3)12(8-10(9)2)13(15)14(4)5-6-14/h7-8H,5-6H2,1-4H3. The van der Waals surface area contributed by atoms with E-state index in [4.69, 9.17) is 0 Å². The zero-order chi connectivity index (χ0) is 11.2. The van der Waals surface area contributed by atoms with E-state index in [0.717, 1.165) is 24.0 Å². The van der Waals surface area contributed by atoms with Crippen LogP contribution in [0.3, 0.4) is 0 Å². The third-order valence-corrected chi connectivity index (χ3v) is 3.63. The second-order valence-corrected chi connectivity index (χ2v) is 5.14. The van der Waals surface area contributed by atoms with Crippen molar-refractivity contribution in [2.45, 2.75) is 40.5 Å². The maximum absolute atomic E-state index is 12.2. The molecule has 0 spiro atoms. The quantitative estimate of drug-likeness (QED) is 0.670. The molecule has 1 fully saturated rings. The van der Waals surface area contributed by atoms with Gasteiger partial charge in [0.25, 0.3) is 0 Å². The van der Waals surface area contributed by atoms with Crippen LogP contribution >= 0.6 is 0 Å². The average molecular weight is 202 g/mol. The van der Waals surface area contributed by atoms with Gasteiger partial charge in [0, 0.05) is 11.0 Å². The van der Waals surface area contributed by atoms with Crippen molar-refractivity contribution in [3.8, 4) is 0 Å². The molecule has 0 aromatic heterocycles. The molecule has 0 heterocycles. The number of hydrogen-bond acceptors (Lipinski definition) is 1. The van der Waals surface area contributed by atoms with Crippen LogP contribution in [0.1, 0.15) is 46.8 Å². The number of aryl methyl sites for hydroxylation is 3. The van der Waals surface area contributed by atoms with Gasteiger partial charge in [0.2, 0.25) is 0 Å². The van der Waals surface area contributed by atoms with E-state index in [-0.39, 0.29) is 5.41 Å². The lowest BCUT2D eigenvalue weighted by molar-refractivity contribution is 0.0912. The number of benzene rings is 1. The van der Waals surface area contributed by atoms with Crippen LogP contribution in [0, 0.1) is 26.2 Å². The van der Waals surface area contributed by atoms with Crippen molar-refractivity contribution in [1.82, 2.24) is 0 Å². The van der Waals surface area contributed by atoms with E-state index >= 15 is 0 Å². The van der Waals surface area contributed by atoms with Gasteiger partial charge in [-0.3, -0.25) is 4.79 Å². The molecular weight excluding hydrogens is 184 g/mol. The van der Waals surface area contributed by atoms with Crippen LogP contribution in [-0.2, 0) is 0 Å². The zero-order valence-electron chi connectivity index (χ0n) is 9.98. The highest BCUT2D eigenvalue weighted by Crippen LogP contribution is 2.48. The molecular formula is C14H18O. The van der Waals surface area contributed by atoms with Gasteiger partial charge < -0.3 is 0 Å². The Morgan fingerprint density at radius 1 is 1.07 bits per heavy atom. The Balaban J connectivity index is 2.44. The van der Waals surface area contributed by atoms with Crippen LogP contribution < -0.4 is 0 Å². The first kappa shape index (κ1) is 10.4. The highest BCUT2D eigenvalue weighted by Gasteiger charge is 2.45. The summed E-state index contributed by atoms with van der Waals surface area (Å²) >= 11 is 0. The molecule has 0 atom stereocenters. The van der Waals surface area contributed by atoms with Gasteiger partial charge in [0.1, 0.15) is 0 Å². The van der Waals surface area contributed by atoms with Crippen LogP contribution in [0.4, 0.5) is 0 Å². The molecule has 1 saturated carbocycles. The summed E-state index contributed by atoms with van der Waals surface area (Å²) in [6.45, 7) is 8.27. The van der Waals surface area contributed by atoms with Crippen molar-refractivity contribution < 1.29 is 4.79 Å². The Labute approximate surface area is 91.5 Å². The summed E-state index contributed by atoms with van der Waals surface area (Å²) in [6, 6.07) is 4.17. The number of hydrogen-bond donors (Lipinski definition) is 0. The highest BCUT2D eigenvalue weighted by atomic mass is 16.1. The van der Waals surface area contributed by atoms with Crippen LogP contribution in [0.15, 0.2) is 12.1 Å². The lowest BCUT2D eigenvalue weighted by Gasteiger charge is -2.12. The second kappa shape index (κ2) is 3.19. The number of carbonyl (C=O) groups is 1. The number of carbonyl (C=O) groups excluding carboxylic acids is 1. The van der Waals surface area contributed by atoms with Crippen LogP contribution in [-0.4, -0.2) is 5.78 Å². The summed E-state index contributed by atoms with van der Waals surface area (Å²) < 4.78 is 0. The van der Waals surface area contributed by atoms with Crippen LogP contribution in [0.25, 0.3) is 0 Å². The van der Waals surface area contributed by atoms with E-state index in [1.165, 1.54) is 11.1 Å². The van der Waals surface area contributed by atoms with Crippen LogP contribution in [0.5, 0.6) is 0 Å². The normalized spacial score (nSPS) is 17.6. The Kier molecular flexibility index (Phi) is 2.22. The van der Waals surface area contributed by atoms with Crippen molar-refractivity contribution in [3.05, 3.63) is 34.4 Å². The molecule has 1 aliphatic rings. The van der Waals surface area contributed by atoms with Gasteiger partial charge in [-0.2, -0.15) is 0 Å². The van der Waals surface area contributed by atoms with Gasteiger partial charge in [-0.05, 0) is 56.4 Å². The third kappa shape index (κ3) is 1.71. The molecule has 1 nitrogen and oxygen atoms in total. The Bertz CT molecular complexity index is 425. The average Bonchev–Trinajstić information content (AvgIpc) is 2.90. The monoisotopic (exact) mass is 202 g/mol. The predicted molar refractivity (Wildman–Crippen MR) is 62.3 cm³/mol. The predicted octanol–water partition coefficient (Wildman–Crippen LogP) is 3.59. The first-order valence-corrected chi connectivity index (χ1v) is 5.57. The second-order valence-electron chi connectivity index (χ2n) is 5.14. The van der Waals surface area contributed by atoms with E-state index in [1.807, 2.05) is 6.92 Å². The highest BCUT2D eigenvalue weighted by molar-refractivity contribution is 6.03. The smallest absolute Gasteiger partial charge is 0.168 e. The fourth-order valence-corrected chi connectivity index (χ4v) is 1.94. The van der Waals surface area contributed by atoms with Gasteiger partial charge >= 0.3 is 0 Å². The molecule has 15 heavy (non-hydrogen) atoms. The van der Waals surface area contributed by atoms with E-state index in [1.54, 1.807) is 0 Å². The first-order chi connectivity index (χ1) is 6.94. The van der Waals surface area contributed by atoms with Crippen molar-refractivity contribution in [3.63, 3.8) is 0 Å². The molecule has 0 unspecified atom stereocenters.